The van der Waals surface area contributed by atoms with Gasteiger partial charge in [-0.05, 0) is 61.0 Å². The lowest BCUT2D eigenvalue weighted by molar-refractivity contribution is -0.117. The third kappa shape index (κ3) is 3.80. The standard InChI is InChI=1S/C24H20BrNO5S/c1-15-3-13-20(14-4-15)32(29,30)23-21(16-5-11-19(31-2)12-6-16)26(24(28)22(23)27)18-9-7-17(25)8-10-18/h3-14,21,27H,1-2H3/t21-/m0/s1. The van der Waals surface area contributed by atoms with E-state index in [1.54, 1.807) is 60.7 Å². The highest BCUT2D eigenvalue weighted by atomic mass is 79.9. The molecule has 0 spiro atoms. The zero-order valence-electron chi connectivity index (χ0n) is 17.3. The van der Waals surface area contributed by atoms with Gasteiger partial charge in [0.15, 0.2) is 5.76 Å². The Morgan fingerprint density at radius 3 is 2.09 bits per heavy atom. The molecule has 32 heavy (non-hydrogen) atoms. The Hall–Kier alpha value is -3.10. The molecule has 0 fully saturated rings. The topological polar surface area (TPSA) is 83.9 Å². The van der Waals surface area contributed by atoms with Crippen molar-refractivity contribution in [2.75, 3.05) is 12.0 Å². The maximum atomic E-state index is 13.6. The lowest BCUT2D eigenvalue weighted by Crippen LogP contribution is -2.31. The van der Waals surface area contributed by atoms with E-state index >= 15 is 0 Å². The number of sulfone groups is 1. The van der Waals surface area contributed by atoms with Crippen LogP contribution in [0.1, 0.15) is 17.2 Å². The number of methoxy groups -OCH3 is 1. The number of aryl methyl sites for hydroxylation is 1. The van der Waals surface area contributed by atoms with E-state index in [0.717, 1.165) is 10.0 Å². The summed E-state index contributed by atoms with van der Waals surface area (Å²) >= 11 is 3.36. The van der Waals surface area contributed by atoms with Crippen molar-refractivity contribution in [1.29, 1.82) is 0 Å². The molecule has 1 aliphatic rings. The second-order valence-electron chi connectivity index (χ2n) is 7.36. The first-order valence-corrected chi connectivity index (χ1v) is 12.0. The van der Waals surface area contributed by atoms with Gasteiger partial charge < -0.3 is 9.84 Å². The monoisotopic (exact) mass is 513 g/mol. The Bertz CT molecular complexity index is 1300. The van der Waals surface area contributed by atoms with Crippen LogP contribution in [0.5, 0.6) is 5.75 Å². The highest BCUT2D eigenvalue weighted by Crippen LogP contribution is 2.45. The van der Waals surface area contributed by atoms with E-state index in [9.17, 15) is 18.3 Å². The van der Waals surface area contributed by atoms with Crippen molar-refractivity contribution < 1.29 is 23.1 Å². The number of hydrogen-bond acceptors (Lipinski definition) is 5. The molecule has 0 aromatic heterocycles. The number of rotatable bonds is 5. The molecule has 3 aromatic carbocycles. The molecule has 1 atom stereocenters. The van der Waals surface area contributed by atoms with Gasteiger partial charge in [0.2, 0.25) is 9.84 Å². The van der Waals surface area contributed by atoms with Crippen molar-refractivity contribution in [2.24, 2.45) is 0 Å². The molecule has 0 saturated carbocycles. The maximum Gasteiger partial charge on any atom is 0.295 e. The first-order chi connectivity index (χ1) is 15.2. The van der Waals surface area contributed by atoms with Crippen molar-refractivity contribution >= 4 is 37.4 Å². The van der Waals surface area contributed by atoms with E-state index in [-0.39, 0.29) is 9.80 Å². The lowest BCUT2D eigenvalue weighted by atomic mass is 10.1. The maximum absolute atomic E-state index is 13.6. The van der Waals surface area contributed by atoms with E-state index in [2.05, 4.69) is 15.9 Å². The Kier molecular flexibility index (Phi) is 5.83. The summed E-state index contributed by atoms with van der Waals surface area (Å²) in [5.41, 5.74) is 1.88. The van der Waals surface area contributed by atoms with Crippen LogP contribution in [-0.2, 0) is 14.6 Å². The van der Waals surface area contributed by atoms with E-state index in [0.29, 0.717) is 17.0 Å². The molecule has 0 unspecified atom stereocenters. The third-order valence-corrected chi connectivity index (χ3v) is 7.74. The van der Waals surface area contributed by atoms with Crippen LogP contribution in [0.25, 0.3) is 0 Å². The Morgan fingerprint density at radius 1 is 0.938 bits per heavy atom. The molecule has 0 aliphatic carbocycles. The fourth-order valence-electron chi connectivity index (χ4n) is 3.66. The quantitative estimate of drug-likeness (QED) is 0.513. The van der Waals surface area contributed by atoms with Gasteiger partial charge in [-0.1, -0.05) is 45.8 Å². The predicted molar refractivity (Wildman–Crippen MR) is 125 cm³/mol. The van der Waals surface area contributed by atoms with Crippen LogP contribution in [-0.4, -0.2) is 26.5 Å². The van der Waals surface area contributed by atoms with Crippen molar-refractivity contribution in [3.63, 3.8) is 0 Å². The average Bonchev–Trinajstić information content (AvgIpc) is 3.06. The molecule has 0 saturated heterocycles. The zero-order chi connectivity index (χ0) is 23.0. The second kappa shape index (κ2) is 8.44. The minimum absolute atomic E-state index is 0.00798. The number of aliphatic hydroxyl groups is 1. The van der Waals surface area contributed by atoms with Gasteiger partial charge >= 0.3 is 0 Å². The number of nitrogens with zero attached hydrogens (tertiary/aromatic N) is 1. The first kappa shape index (κ1) is 22.1. The Balaban J connectivity index is 1.92. The number of halogens is 1. The zero-order valence-corrected chi connectivity index (χ0v) is 19.7. The number of carbonyl (C=O) groups is 1. The summed E-state index contributed by atoms with van der Waals surface area (Å²) in [6.07, 6.45) is 0. The number of amides is 1. The van der Waals surface area contributed by atoms with Gasteiger partial charge in [0, 0.05) is 10.2 Å². The van der Waals surface area contributed by atoms with Gasteiger partial charge in [0.05, 0.1) is 12.0 Å². The van der Waals surface area contributed by atoms with Crippen LogP contribution >= 0.6 is 15.9 Å². The van der Waals surface area contributed by atoms with Gasteiger partial charge in [0.1, 0.15) is 16.7 Å². The predicted octanol–water partition coefficient (Wildman–Crippen LogP) is 5.10. The first-order valence-electron chi connectivity index (χ1n) is 9.72. The number of anilines is 1. The van der Waals surface area contributed by atoms with Gasteiger partial charge in [0.25, 0.3) is 5.91 Å². The average molecular weight is 514 g/mol. The molecule has 1 amide bonds. The molecule has 3 aromatic rings. The summed E-state index contributed by atoms with van der Waals surface area (Å²) in [6, 6.07) is 18.9. The van der Waals surface area contributed by atoms with E-state index < -0.39 is 27.5 Å². The van der Waals surface area contributed by atoms with Gasteiger partial charge in [-0.15, -0.1) is 0 Å². The highest BCUT2D eigenvalue weighted by Gasteiger charge is 2.47. The minimum atomic E-state index is -4.17. The summed E-state index contributed by atoms with van der Waals surface area (Å²) in [5.74, 6) is -0.974. The summed E-state index contributed by atoms with van der Waals surface area (Å²) in [5, 5.41) is 10.8. The van der Waals surface area contributed by atoms with Crippen molar-refractivity contribution in [3.8, 4) is 5.75 Å². The number of benzene rings is 3. The van der Waals surface area contributed by atoms with E-state index in [1.165, 1.54) is 24.1 Å². The summed E-state index contributed by atoms with van der Waals surface area (Å²) in [4.78, 5) is 14.1. The largest absolute Gasteiger partial charge is 0.502 e. The minimum Gasteiger partial charge on any atom is -0.502 e. The van der Waals surface area contributed by atoms with Gasteiger partial charge in [-0.3, -0.25) is 9.69 Å². The summed E-state index contributed by atoms with van der Waals surface area (Å²) in [7, 11) is -2.64. The van der Waals surface area contributed by atoms with Crippen molar-refractivity contribution in [3.05, 3.63) is 99.1 Å². The number of ether oxygens (including phenoxy) is 1. The Morgan fingerprint density at radius 2 is 1.53 bits per heavy atom. The number of aliphatic hydroxyl groups excluding tert-OH is 1. The summed E-state index contributed by atoms with van der Waals surface area (Å²) < 4.78 is 33.2. The normalized spacial score (nSPS) is 16.5. The fourth-order valence-corrected chi connectivity index (χ4v) is 5.55. The smallest absolute Gasteiger partial charge is 0.295 e. The van der Waals surface area contributed by atoms with E-state index in [1.807, 2.05) is 6.92 Å². The van der Waals surface area contributed by atoms with Crippen LogP contribution in [0.4, 0.5) is 5.69 Å². The van der Waals surface area contributed by atoms with Crippen LogP contribution < -0.4 is 9.64 Å². The van der Waals surface area contributed by atoms with Crippen LogP contribution in [0, 0.1) is 6.92 Å². The molecular formula is C24H20BrNO5S. The van der Waals surface area contributed by atoms with Crippen LogP contribution in [0.2, 0.25) is 0 Å². The second-order valence-corrected chi connectivity index (χ2v) is 10.2. The number of hydrogen-bond donors (Lipinski definition) is 1. The van der Waals surface area contributed by atoms with Crippen molar-refractivity contribution in [2.45, 2.75) is 17.9 Å². The molecule has 1 N–H and O–H groups in total. The molecule has 1 heterocycles. The molecule has 164 valence electrons. The fraction of sp³-hybridized carbons (Fsp3) is 0.125. The molecule has 8 heteroatoms. The third-order valence-electron chi connectivity index (χ3n) is 5.32. The molecule has 1 aliphatic heterocycles. The SMILES string of the molecule is COc1ccc([C@H]2C(S(=O)(=O)c3ccc(C)cc3)=C(O)C(=O)N2c2ccc(Br)cc2)cc1. The van der Waals surface area contributed by atoms with Gasteiger partial charge in [-0.2, -0.15) is 0 Å². The van der Waals surface area contributed by atoms with Crippen LogP contribution in [0.15, 0.2) is 92.8 Å². The lowest BCUT2D eigenvalue weighted by Gasteiger charge is -2.27. The Labute approximate surface area is 194 Å². The molecule has 0 bridgehead atoms. The molecule has 6 nitrogen and oxygen atoms in total. The van der Waals surface area contributed by atoms with Gasteiger partial charge in [-0.25, -0.2) is 8.42 Å². The van der Waals surface area contributed by atoms with Crippen LogP contribution in [0.3, 0.4) is 0 Å². The molecule has 4 rings (SSSR count). The highest BCUT2D eigenvalue weighted by molar-refractivity contribution is 9.10. The van der Waals surface area contributed by atoms with Crippen molar-refractivity contribution in [1.82, 2.24) is 0 Å². The van der Waals surface area contributed by atoms with E-state index in [4.69, 9.17) is 4.74 Å². The molecular weight excluding hydrogens is 494 g/mol. The molecule has 0 radical (unpaired) electrons. The number of carbonyl (C=O) groups excluding carboxylic acids is 1. The summed E-state index contributed by atoms with van der Waals surface area (Å²) in [6.45, 7) is 1.85.